The van der Waals surface area contributed by atoms with E-state index >= 15 is 0 Å². The maximum atomic E-state index is 9.97. The summed E-state index contributed by atoms with van der Waals surface area (Å²) >= 11 is 0. The van der Waals surface area contributed by atoms with Gasteiger partial charge < -0.3 is 10.9 Å². The Morgan fingerprint density at radius 1 is 1.31 bits per heavy atom. The Bertz CT molecular complexity index is 227. The Balaban J connectivity index is 1.97. The van der Waals surface area contributed by atoms with Crippen molar-refractivity contribution in [1.82, 2.24) is 5.06 Å². The van der Waals surface area contributed by atoms with E-state index < -0.39 is 0 Å². The first-order valence-electron chi connectivity index (χ1n) is 5.34. The molecule has 2 saturated heterocycles. The molecule has 3 nitrogen and oxygen atoms in total. The lowest BCUT2D eigenvalue weighted by Gasteiger charge is -2.61. The van der Waals surface area contributed by atoms with Gasteiger partial charge in [-0.25, -0.2) is 0 Å². The summed E-state index contributed by atoms with van der Waals surface area (Å²) in [5.41, 5.74) is 6.22. The number of nitrogens with zero attached hydrogens (tertiary/aromatic N) is 1. The van der Waals surface area contributed by atoms with Crippen molar-refractivity contribution in [3.8, 4) is 0 Å². The van der Waals surface area contributed by atoms with Gasteiger partial charge in [0.05, 0.1) is 0 Å². The SMILES string of the molecule is CC12C[C@H]3CC(C[C@@H](C1)C3N)N2O. The van der Waals surface area contributed by atoms with Crippen LogP contribution in [0.4, 0.5) is 0 Å². The van der Waals surface area contributed by atoms with Crippen LogP contribution in [0.15, 0.2) is 0 Å². The fourth-order valence-electron chi connectivity index (χ4n) is 3.97. The van der Waals surface area contributed by atoms with Gasteiger partial charge in [0.2, 0.25) is 0 Å². The second-order valence-electron chi connectivity index (χ2n) is 5.47. The number of nitrogens with two attached hydrogens (primary N) is 1. The molecule has 0 radical (unpaired) electrons. The minimum absolute atomic E-state index is 0.0480. The van der Waals surface area contributed by atoms with Gasteiger partial charge in [0.25, 0.3) is 0 Å². The predicted molar refractivity (Wildman–Crippen MR) is 49.2 cm³/mol. The van der Waals surface area contributed by atoms with Crippen molar-refractivity contribution in [3.05, 3.63) is 0 Å². The highest BCUT2D eigenvalue weighted by atomic mass is 16.5. The maximum absolute atomic E-state index is 9.97. The largest absolute Gasteiger partial charge is 0.327 e. The third kappa shape index (κ3) is 0.901. The van der Waals surface area contributed by atoms with Crippen molar-refractivity contribution in [2.75, 3.05) is 0 Å². The third-order valence-electron chi connectivity index (χ3n) is 4.54. The first-order valence-corrected chi connectivity index (χ1v) is 5.34. The highest BCUT2D eigenvalue weighted by molar-refractivity contribution is 5.09. The van der Waals surface area contributed by atoms with Crippen LogP contribution < -0.4 is 5.73 Å². The van der Waals surface area contributed by atoms with Gasteiger partial charge in [-0.2, -0.15) is 5.06 Å². The van der Waals surface area contributed by atoms with Gasteiger partial charge in [0.15, 0.2) is 0 Å². The second kappa shape index (κ2) is 2.27. The summed E-state index contributed by atoms with van der Waals surface area (Å²) in [6.45, 7) is 2.18. The van der Waals surface area contributed by atoms with Crippen LogP contribution in [0.25, 0.3) is 0 Å². The van der Waals surface area contributed by atoms with Crippen LogP contribution in [-0.2, 0) is 0 Å². The van der Waals surface area contributed by atoms with E-state index in [1.165, 1.54) is 0 Å². The van der Waals surface area contributed by atoms with Crippen LogP contribution in [0.3, 0.4) is 0 Å². The summed E-state index contributed by atoms with van der Waals surface area (Å²) in [7, 11) is 0. The molecule has 4 fully saturated rings. The Kier molecular flexibility index (Phi) is 1.43. The zero-order chi connectivity index (χ0) is 9.22. The molecule has 0 amide bonds. The molecule has 0 spiro atoms. The lowest BCUT2D eigenvalue weighted by Crippen LogP contribution is -2.68. The predicted octanol–water partition coefficient (Wildman–Crippen LogP) is 0.966. The van der Waals surface area contributed by atoms with E-state index in [4.69, 9.17) is 5.73 Å². The first kappa shape index (κ1) is 8.21. The molecule has 4 bridgehead atoms. The molecule has 5 atom stereocenters. The number of rotatable bonds is 0. The van der Waals surface area contributed by atoms with Crippen LogP contribution in [0, 0.1) is 11.8 Å². The third-order valence-corrected chi connectivity index (χ3v) is 4.54. The molecule has 4 rings (SSSR count). The zero-order valence-corrected chi connectivity index (χ0v) is 8.11. The fraction of sp³-hybridized carbons (Fsp3) is 1.00. The van der Waals surface area contributed by atoms with E-state index in [1.807, 2.05) is 0 Å². The highest BCUT2D eigenvalue weighted by Gasteiger charge is 2.56. The van der Waals surface area contributed by atoms with Gasteiger partial charge in [-0.1, -0.05) is 0 Å². The van der Waals surface area contributed by atoms with Gasteiger partial charge in [-0.05, 0) is 44.4 Å². The topological polar surface area (TPSA) is 49.5 Å². The average molecular weight is 182 g/mol. The maximum Gasteiger partial charge on any atom is 0.0442 e. The van der Waals surface area contributed by atoms with Crippen molar-refractivity contribution in [2.45, 2.75) is 50.2 Å². The van der Waals surface area contributed by atoms with Crippen LogP contribution in [0.5, 0.6) is 0 Å². The molecular weight excluding hydrogens is 164 g/mol. The van der Waals surface area contributed by atoms with Crippen molar-refractivity contribution in [3.63, 3.8) is 0 Å². The van der Waals surface area contributed by atoms with Crippen LogP contribution in [0.2, 0.25) is 0 Å². The number of hydroxylamine groups is 2. The van der Waals surface area contributed by atoms with E-state index in [0.717, 1.165) is 25.7 Å². The Morgan fingerprint density at radius 3 is 2.31 bits per heavy atom. The summed E-state index contributed by atoms with van der Waals surface area (Å²) in [5, 5.41) is 11.6. The molecule has 4 aliphatic rings. The highest BCUT2D eigenvalue weighted by Crippen LogP contribution is 2.52. The standard InChI is InChI=1S/C10H18N2O/c1-10-4-6-2-8(12(10)13)3-7(5-10)9(6)11/h6-9,13H,2-5,11H2,1H3/t6-,7+,8?,9?,10?. The molecule has 3 N–H and O–H groups in total. The molecule has 0 aromatic carbocycles. The molecule has 2 aliphatic carbocycles. The minimum atomic E-state index is 0.0480. The molecule has 2 aliphatic heterocycles. The van der Waals surface area contributed by atoms with Gasteiger partial charge in [-0.15, -0.1) is 0 Å². The molecular formula is C10H18N2O. The summed E-state index contributed by atoms with van der Waals surface area (Å²) in [5.74, 6) is 1.34. The summed E-state index contributed by atoms with van der Waals surface area (Å²) in [6, 6.07) is 0.820. The van der Waals surface area contributed by atoms with Crippen LogP contribution in [-0.4, -0.2) is 27.9 Å². The van der Waals surface area contributed by atoms with Crippen LogP contribution >= 0.6 is 0 Å². The number of piperidine rings is 2. The van der Waals surface area contributed by atoms with E-state index in [-0.39, 0.29) is 5.54 Å². The van der Waals surface area contributed by atoms with Gasteiger partial charge in [0, 0.05) is 17.6 Å². The van der Waals surface area contributed by atoms with Crippen molar-refractivity contribution < 1.29 is 5.21 Å². The monoisotopic (exact) mass is 182 g/mol. The normalized spacial score (nSPS) is 60.2. The Labute approximate surface area is 78.9 Å². The second-order valence-corrected chi connectivity index (χ2v) is 5.47. The molecule has 13 heavy (non-hydrogen) atoms. The summed E-state index contributed by atoms with van der Waals surface area (Å²) in [6.07, 6.45) is 4.42. The lowest BCUT2D eigenvalue weighted by atomic mass is 9.57. The first-order chi connectivity index (χ1) is 6.10. The molecule has 2 saturated carbocycles. The van der Waals surface area contributed by atoms with E-state index in [2.05, 4.69) is 6.92 Å². The lowest BCUT2D eigenvalue weighted by molar-refractivity contribution is -0.273. The quantitative estimate of drug-likeness (QED) is 0.587. The van der Waals surface area contributed by atoms with Gasteiger partial charge >= 0.3 is 0 Å². The Hall–Kier alpha value is -0.120. The van der Waals surface area contributed by atoms with E-state index in [1.54, 1.807) is 5.06 Å². The minimum Gasteiger partial charge on any atom is -0.327 e. The van der Waals surface area contributed by atoms with Gasteiger partial charge in [-0.3, -0.25) is 0 Å². The molecule has 74 valence electrons. The van der Waals surface area contributed by atoms with Crippen molar-refractivity contribution >= 4 is 0 Å². The molecule has 0 aromatic heterocycles. The van der Waals surface area contributed by atoms with Crippen LogP contribution in [0.1, 0.15) is 32.6 Å². The number of hydrogen-bond donors (Lipinski definition) is 2. The molecule has 2 heterocycles. The molecule has 3 heteroatoms. The van der Waals surface area contributed by atoms with E-state index in [9.17, 15) is 5.21 Å². The summed E-state index contributed by atoms with van der Waals surface area (Å²) in [4.78, 5) is 0. The summed E-state index contributed by atoms with van der Waals surface area (Å²) < 4.78 is 0. The smallest absolute Gasteiger partial charge is 0.0442 e. The number of hydrogen-bond acceptors (Lipinski definition) is 3. The zero-order valence-electron chi connectivity index (χ0n) is 8.11. The van der Waals surface area contributed by atoms with Gasteiger partial charge in [0.1, 0.15) is 0 Å². The average Bonchev–Trinajstić information content (AvgIpc) is 2.05. The van der Waals surface area contributed by atoms with Crippen molar-refractivity contribution in [1.29, 1.82) is 0 Å². The fourth-order valence-corrected chi connectivity index (χ4v) is 3.97. The van der Waals surface area contributed by atoms with E-state index in [0.29, 0.717) is 23.9 Å². The molecule has 0 aromatic rings. The Morgan fingerprint density at radius 2 is 1.85 bits per heavy atom. The van der Waals surface area contributed by atoms with Crippen molar-refractivity contribution in [2.24, 2.45) is 17.6 Å². The molecule has 3 unspecified atom stereocenters.